The van der Waals surface area contributed by atoms with Crippen molar-refractivity contribution in [3.05, 3.63) is 22.7 Å². The van der Waals surface area contributed by atoms with Gasteiger partial charge >= 0.3 is 0 Å². The number of rotatable bonds is 4. The van der Waals surface area contributed by atoms with Crippen LogP contribution in [0.2, 0.25) is 0 Å². The highest BCUT2D eigenvalue weighted by Gasteiger charge is 2.22. The lowest BCUT2D eigenvalue weighted by Crippen LogP contribution is -2.33. The van der Waals surface area contributed by atoms with E-state index in [2.05, 4.69) is 22.4 Å². The summed E-state index contributed by atoms with van der Waals surface area (Å²) >= 11 is 1.65. The van der Waals surface area contributed by atoms with E-state index < -0.39 is 0 Å². The molecule has 3 heterocycles. The minimum Gasteiger partial charge on any atom is -0.339 e. The largest absolute Gasteiger partial charge is 0.339 e. The Morgan fingerprint density at radius 2 is 2.53 bits per heavy atom. The topological polar surface area (TPSA) is 51.0 Å². The molecule has 2 unspecified atom stereocenters. The van der Waals surface area contributed by atoms with Crippen LogP contribution in [0.4, 0.5) is 0 Å². The van der Waals surface area contributed by atoms with Crippen LogP contribution in [-0.2, 0) is 6.42 Å². The Morgan fingerprint density at radius 3 is 3.26 bits per heavy atom. The second kappa shape index (κ2) is 5.84. The average molecular weight is 277 g/mol. The monoisotopic (exact) mass is 277 g/mol. The third kappa shape index (κ3) is 3.04. The number of thiophene rings is 1. The van der Waals surface area contributed by atoms with Crippen LogP contribution < -0.4 is 5.32 Å². The Labute approximate surface area is 117 Å². The summed E-state index contributed by atoms with van der Waals surface area (Å²) in [5.74, 6) is 2.79. The minimum atomic E-state index is 0.587. The van der Waals surface area contributed by atoms with Gasteiger partial charge in [0, 0.05) is 17.4 Å². The van der Waals surface area contributed by atoms with E-state index in [0.29, 0.717) is 11.7 Å². The van der Waals surface area contributed by atoms with Gasteiger partial charge in [0.05, 0.1) is 0 Å². The molecule has 4 nitrogen and oxygen atoms in total. The Morgan fingerprint density at radius 1 is 1.58 bits per heavy atom. The Bertz CT molecular complexity index is 503. The summed E-state index contributed by atoms with van der Waals surface area (Å²) in [6.07, 6.45) is 3.46. The van der Waals surface area contributed by atoms with Crippen molar-refractivity contribution in [1.29, 1.82) is 0 Å². The Hall–Kier alpha value is -1.20. The highest BCUT2D eigenvalue weighted by Crippen LogP contribution is 2.24. The van der Waals surface area contributed by atoms with Gasteiger partial charge in [-0.3, -0.25) is 0 Å². The first-order valence-electron chi connectivity index (χ1n) is 6.89. The van der Waals surface area contributed by atoms with Crippen LogP contribution in [0.1, 0.15) is 25.7 Å². The van der Waals surface area contributed by atoms with E-state index in [1.165, 1.54) is 12.8 Å². The molecule has 0 aliphatic carbocycles. The molecule has 1 aliphatic heterocycles. The fourth-order valence-corrected chi connectivity index (χ4v) is 3.29. The first-order valence-corrected chi connectivity index (χ1v) is 7.83. The molecule has 5 heteroatoms. The van der Waals surface area contributed by atoms with Gasteiger partial charge in [-0.05, 0) is 49.2 Å². The van der Waals surface area contributed by atoms with E-state index in [-0.39, 0.29) is 0 Å². The van der Waals surface area contributed by atoms with Gasteiger partial charge in [-0.15, -0.1) is 0 Å². The second-order valence-corrected chi connectivity index (χ2v) is 6.09. The van der Waals surface area contributed by atoms with Gasteiger partial charge in [0.1, 0.15) is 0 Å². The lowest BCUT2D eigenvalue weighted by molar-refractivity contribution is 0.257. The summed E-state index contributed by atoms with van der Waals surface area (Å²) in [5.41, 5.74) is 1.05. The van der Waals surface area contributed by atoms with E-state index in [1.54, 1.807) is 11.3 Å². The molecule has 0 radical (unpaired) electrons. The molecular formula is C14H19N3OS. The van der Waals surface area contributed by atoms with Crippen molar-refractivity contribution >= 4 is 11.3 Å². The van der Waals surface area contributed by atoms with Crippen LogP contribution >= 0.6 is 11.3 Å². The molecule has 2 aromatic heterocycles. The van der Waals surface area contributed by atoms with Crippen LogP contribution in [0.25, 0.3) is 11.4 Å². The van der Waals surface area contributed by atoms with Gasteiger partial charge in [0.2, 0.25) is 11.7 Å². The number of aromatic nitrogens is 2. The SMILES string of the molecule is CC(Cc1nc(-c2ccsc2)no1)C1CCCNC1. The molecule has 2 atom stereocenters. The summed E-state index contributed by atoms with van der Waals surface area (Å²) in [4.78, 5) is 4.50. The second-order valence-electron chi connectivity index (χ2n) is 5.31. The number of nitrogens with one attached hydrogen (secondary N) is 1. The Kier molecular flexibility index (Phi) is 3.94. The molecule has 0 bridgehead atoms. The third-order valence-corrected chi connectivity index (χ3v) is 4.57. The van der Waals surface area contributed by atoms with Crippen molar-refractivity contribution < 1.29 is 4.52 Å². The van der Waals surface area contributed by atoms with Crippen molar-refractivity contribution in [2.24, 2.45) is 11.8 Å². The van der Waals surface area contributed by atoms with Gasteiger partial charge in [-0.25, -0.2) is 0 Å². The molecule has 1 N–H and O–H groups in total. The van der Waals surface area contributed by atoms with Crippen LogP contribution in [-0.4, -0.2) is 23.2 Å². The van der Waals surface area contributed by atoms with Crippen molar-refractivity contribution in [3.8, 4) is 11.4 Å². The summed E-state index contributed by atoms with van der Waals surface area (Å²) in [6, 6.07) is 2.02. The maximum Gasteiger partial charge on any atom is 0.227 e. The maximum absolute atomic E-state index is 5.37. The number of hydrogen-bond acceptors (Lipinski definition) is 5. The van der Waals surface area contributed by atoms with E-state index in [1.807, 2.05) is 16.8 Å². The van der Waals surface area contributed by atoms with Gasteiger partial charge < -0.3 is 9.84 Å². The van der Waals surface area contributed by atoms with Crippen molar-refractivity contribution in [2.75, 3.05) is 13.1 Å². The molecule has 0 aromatic carbocycles. The Balaban J connectivity index is 1.63. The fraction of sp³-hybridized carbons (Fsp3) is 0.571. The number of nitrogens with zero attached hydrogens (tertiary/aromatic N) is 2. The van der Waals surface area contributed by atoms with Gasteiger partial charge in [-0.1, -0.05) is 12.1 Å². The highest BCUT2D eigenvalue weighted by molar-refractivity contribution is 7.08. The van der Waals surface area contributed by atoms with Crippen LogP contribution in [0.5, 0.6) is 0 Å². The zero-order valence-corrected chi connectivity index (χ0v) is 11.9. The molecule has 0 saturated carbocycles. The molecule has 102 valence electrons. The number of hydrogen-bond donors (Lipinski definition) is 1. The zero-order valence-electron chi connectivity index (χ0n) is 11.1. The van der Waals surface area contributed by atoms with E-state index >= 15 is 0 Å². The molecule has 2 aromatic rings. The van der Waals surface area contributed by atoms with Crippen molar-refractivity contribution in [1.82, 2.24) is 15.5 Å². The maximum atomic E-state index is 5.37. The molecule has 0 amide bonds. The van der Waals surface area contributed by atoms with E-state index in [4.69, 9.17) is 4.52 Å². The van der Waals surface area contributed by atoms with Crippen LogP contribution in [0.15, 0.2) is 21.3 Å². The molecule has 19 heavy (non-hydrogen) atoms. The first kappa shape index (κ1) is 12.8. The quantitative estimate of drug-likeness (QED) is 0.933. The summed E-state index contributed by atoms with van der Waals surface area (Å²) in [5, 5.41) is 11.6. The lowest BCUT2D eigenvalue weighted by Gasteiger charge is -2.27. The van der Waals surface area contributed by atoms with Crippen molar-refractivity contribution in [2.45, 2.75) is 26.2 Å². The molecule has 1 saturated heterocycles. The zero-order chi connectivity index (χ0) is 13.1. The summed E-state index contributed by atoms with van der Waals surface area (Å²) in [6.45, 7) is 4.56. The van der Waals surface area contributed by atoms with Gasteiger partial charge in [-0.2, -0.15) is 16.3 Å². The molecule has 0 spiro atoms. The van der Waals surface area contributed by atoms with Gasteiger partial charge in [0.25, 0.3) is 0 Å². The summed E-state index contributed by atoms with van der Waals surface area (Å²) < 4.78 is 5.37. The number of piperidine rings is 1. The standard InChI is InChI=1S/C14H19N3OS/c1-10(11-3-2-5-15-8-11)7-13-16-14(17-18-13)12-4-6-19-9-12/h4,6,9-11,15H,2-3,5,7-8H2,1H3. The predicted octanol–water partition coefficient (Wildman–Crippen LogP) is 2.98. The summed E-state index contributed by atoms with van der Waals surface area (Å²) in [7, 11) is 0. The normalized spacial score (nSPS) is 21.4. The average Bonchev–Trinajstić information content (AvgIpc) is 3.10. The van der Waals surface area contributed by atoms with Crippen molar-refractivity contribution in [3.63, 3.8) is 0 Å². The van der Waals surface area contributed by atoms with E-state index in [9.17, 15) is 0 Å². The predicted molar refractivity (Wildman–Crippen MR) is 76.1 cm³/mol. The van der Waals surface area contributed by atoms with Crippen LogP contribution in [0.3, 0.4) is 0 Å². The van der Waals surface area contributed by atoms with E-state index in [0.717, 1.165) is 36.9 Å². The fourth-order valence-electron chi connectivity index (χ4n) is 2.65. The molecule has 1 aliphatic rings. The smallest absolute Gasteiger partial charge is 0.227 e. The van der Waals surface area contributed by atoms with Gasteiger partial charge in [0.15, 0.2) is 0 Å². The first-order chi connectivity index (χ1) is 9.33. The molecular weight excluding hydrogens is 258 g/mol. The molecule has 1 fully saturated rings. The highest BCUT2D eigenvalue weighted by atomic mass is 32.1. The van der Waals surface area contributed by atoms with Crippen LogP contribution in [0, 0.1) is 11.8 Å². The lowest BCUT2D eigenvalue weighted by atomic mass is 9.85. The molecule has 3 rings (SSSR count). The third-order valence-electron chi connectivity index (χ3n) is 3.88. The minimum absolute atomic E-state index is 0.587.